The van der Waals surface area contributed by atoms with Crippen LogP contribution >= 0.6 is 0 Å². The van der Waals surface area contributed by atoms with Crippen molar-refractivity contribution in [1.82, 2.24) is 9.97 Å². The van der Waals surface area contributed by atoms with Gasteiger partial charge in [-0.15, -0.1) is 0 Å². The SMILES string of the molecule is CC(=O)[O-].[Zn].c1ccc(C(=NNc2ccccn2)c2ccccn2)cc1. The van der Waals surface area contributed by atoms with E-state index < -0.39 is 5.97 Å². The molecule has 0 amide bonds. The standard InChI is InChI=1S/C17H14N4.C2H4O2.Zn/c1-2-8-14(9-3-1)17(15-10-4-6-12-18-15)21-20-16-11-5-7-13-19-16;1-2(3)4;/h1-13H,(H,19,20);1H3,(H,3,4);/p-1. The van der Waals surface area contributed by atoms with Crippen LogP contribution in [0.15, 0.2) is 84.2 Å². The van der Waals surface area contributed by atoms with Gasteiger partial charge in [-0.05, 0) is 31.2 Å². The Morgan fingerprint density at radius 2 is 1.50 bits per heavy atom. The monoisotopic (exact) mass is 397 g/mol. The van der Waals surface area contributed by atoms with Crippen molar-refractivity contribution in [3.8, 4) is 0 Å². The minimum atomic E-state index is -1.08. The van der Waals surface area contributed by atoms with Crippen molar-refractivity contribution < 1.29 is 29.4 Å². The number of hydrazone groups is 1. The van der Waals surface area contributed by atoms with Crippen molar-refractivity contribution in [2.24, 2.45) is 5.10 Å². The van der Waals surface area contributed by atoms with E-state index in [0.717, 1.165) is 23.9 Å². The summed E-state index contributed by atoms with van der Waals surface area (Å²) in [7, 11) is 0. The summed E-state index contributed by atoms with van der Waals surface area (Å²) in [5, 5.41) is 13.4. The predicted molar refractivity (Wildman–Crippen MR) is 94.9 cm³/mol. The molecular formula is C19H17N4O2Zn-. The molecule has 2 aromatic heterocycles. The van der Waals surface area contributed by atoms with E-state index in [4.69, 9.17) is 9.90 Å². The largest absolute Gasteiger partial charge is 0.550 e. The van der Waals surface area contributed by atoms with Crippen LogP contribution in [0, 0.1) is 0 Å². The van der Waals surface area contributed by atoms with Gasteiger partial charge in [0.2, 0.25) is 0 Å². The molecule has 0 aliphatic rings. The van der Waals surface area contributed by atoms with Gasteiger partial charge in [0, 0.05) is 43.4 Å². The molecule has 2 heterocycles. The van der Waals surface area contributed by atoms with Crippen molar-refractivity contribution in [2.75, 3.05) is 5.43 Å². The minimum absolute atomic E-state index is 0. The zero-order chi connectivity index (χ0) is 17.9. The quantitative estimate of drug-likeness (QED) is 0.413. The molecule has 7 heteroatoms. The number of anilines is 1. The Bertz CT molecular complexity index is 767. The first-order valence-electron chi connectivity index (χ1n) is 7.56. The van der Waals surface area contributed by atoms with Crippen LogP contribution in [0.25, 0.3) is 0 Å². The molecule has 0 bridgehead atoms. The van der Waals surface area contributed by atoms with E-state index in [1.165, 1.54) is 0 Å². The number of carboxylic acid groups (broad SMARTS) is 1. The number of benzene rings is 1. The third-order valence-corrected chi connectivity index (χ3v) is 2.90. The Kier molecular flexibility index (Phi) is 9.43. The van der Waals surface area contributed by atoms with E-state index in [1.807, 2.05) is 66.7 Å². The maximum atomic E-state index is 8.89. The molecule has 128 valence electrons. The zero-order valence-electron chi connectivity index (χ0n) is 14.4. The molecule has 0 unspecified atom stereocenters. The van der Waals surface area contributed by atoms with Gasteiger partial charge < -0.3 is 9.90 Å². The van der Waals surface area contributed by atoms with Gasteiger partial charge in [0.1, 0.15) is 11.5 Å². The van der Waals surface area contributed by atoms with Crippen LogP contribution in [0.5, 0.6) is 0 Å². The van der Waals surface area contributed by atoms with Crippen LogP contribution in [0.1, 0.15) is 18.2 Å². The number of hydrogen-bond acceptors (Lipinski definition) is 6. The number of rotatable bonds is 4. The second kappa shape index (κ2) is 11.6. The van der Waals surface area contributed by atoms with Crippen molar-refractivity contribution >= 4 is 17.5 Å². The fourth-order valence-electron chi connectivity index (χ4n) is 1.91. The molecule has 0 aliphatic heterocycles. The number of aliphatic carboxylic acids is 1. The van der Waals surface area contributed by atoms with E-state index in [9.17, 15) is 0 Å². The molecule has 3 rings (SSSR count). The molecule has 0 aliphatic carbocycles. The van der Waals surface area contributed by atoms with Crippen molar-refractivity contribution in [2.45, 2.75) is 6.92 Å². The number of nitrogens with zero attached hydrogens (tertiary/aromatic N) is 3. The molecule has 1 N–H and O–H groups in total. The van der Waals surface area contributed by atoms with Crippen LogP contribution < -0.4 is 10.5 Å². The normalized spacial score (nSPS) is 9.96. The maximum absolute atomic E-state index is 8.89. The topological polar surface area (TPSA) is 90.3 Å². The van der Waals surface area contributed by atoms with Gasteiger partial charge in [-0.2, -0.15) is 5.10 Å². The molecule has 1 aromatic carbocycles. The van der Waals surface area contributed by atoms with Crippen molar-refractivity contribution in [3.63, 3.8) is 0 Å². The molecule has 6 nitrogen and oxygen atoms in total. The molecule has 0 saturated carbocycles. The molecule has 0 atom stereocenters. The minimum Gasteiger partial charge on any atom is -0.550 e. The molecule has 0 saturated heterocycles. The van der Waals surface area contributed by atoms with Crippen LogP contribution in [0.4, 0.5) is 5.82 Å². The smallest absolute Gasteiger partial charge is 0.146 e. The van der Waals surface area contributed by atoms with Gasteiger partial charge in [0.15, 0.2) is 0 Å². The second-order valence-corrected chi connectivity index (χ2v) is 4.86. The van der Waals surface area contributed by atoms with Crippen LogP contribution in [-0.2, 0) is 24.3 Å². The van der Waals surface area contributed by atoms with E-state index in [1.54, 1.807) is 12.4 Å². The summed E-state index contributed by atoms with van der Waals surface area (Å²) in [5.74, 6) is -0.387. The average molecular weight is 399 g/mol. The molecular weight excluding hydrogens is 382 g/mol. The fraction of sp³-hybridized carbons (Fsp3) is 0.0526. The number of carbonyl (C=O) groups excluding carboxylic acids is 1. The third-order valence-electron chi connectivity index (χ3n) is 2.90. The van der Waals surface area contributed by atoms with Crippen molar-refractivity contribution in [3.05, 3.63) is 90.4 Å². The molecule has 0 radical (unpaired) electrons. The summed E-state index contributed by atoms with van der Waals surface area (Å²) in [5.41, 5.74) is 5.57. The van der Waals surface area contributed by atoms with Crippen molar-refractivity contribution in [1.29, 1.82) is 0 Å². The first-order valence-corrected chi connectivity index (χ1v) is 7.56. The van der Waals surface area contributed by atoms with E-state index >= 15 is 0 Å². The summed E-state index contributed by atoms with van der Waals surface area (Å²) in [6.45, 7) is 0.972. The molecule has 26 heavy (non-hydrogen) atoms. The zero-order valence-corrected chi connectivity index (χ0v) is 17.3. The summed E-state index contributed by atoms with van der Waals surface area (Å²) in [4.78, 5) is 17.5. The van der Waals surface area contributed by atoms with Gasteiger partial charge in [-0.1, -0.05) is 42.5 Å². The molecule has 3 aromatic rings. The van der Waals surface area contributed by atoms with Crippen LogP contribution in [0.3, 0.4) is 0 Å². The number of aromatic nitrogens is 2. The van der Waals surface area contributed by atoms with Gasteiger partial charge >= 0.3 is 0 Å². The Hall–Kier alpha value is -2.92. The van der Waals surface area contributed by atoms with E-state index in [-0.39, 0.29) is 19.5 Å². The first-order chi connectivity index (χ1) is 12.2. The van der Waals surface area contributed by atoms with E-state index in [2.05, 4.69) is 20.5 Å². The summed E-state index contributed by atoms with van der Waals surface area (Å²) in [6, 6.07) is 21.4. The Balaban J connectivity index is 0.000000616. The summed E-state index contributed by atoms with van der Waals surface area (Å²) in [6.07, 6.45) is 3.48. The number of hydrogen-bond donors (Lipinski definition) is 1. The average Bonchev–Trinajstić information content (AvgIpc) is 2.64. The number of carboxylic acids is 1. The van der Waals surface area contributed by atoms with Gasteiger partial charge in [0.05, 0.1) is 5.69 Å². The number of pyridine rings is 2. The van der Waals surface area contributed by atoms with Gasteiger partial charge in [0.25, 0.3) is 0 Å². The van der Waals surface area contributed by atoms with Crippen LogP contribution in [-0.4, -0.2) is 21.6 Å². The predicted octanol–water partition coefficient (Wildman–Crippen LogP) is 2.09. The summed E-state index contributed by atoms with van der Waals surface area (Å²) < 4.78 is 0. The van der Waals surface area contributed by atoms with Gasteiger partial charge in [-0.3, -0.25) is 10.4 Å². The van der Waals surface area contributed by atoms with Gasteiger partial charge in [-0.25, -0.2) is 4.98 Å². The summed E-state index contributed by atoms with van der Waals surface area (Å²) >= 11 is 0. The molecule has 0 fully saturated rings. The van der Waals surface area contributed by atoms with Crippen LogP contribution in [0.2, 0.25) is 0 Å². The number of carbonyl (C=O) groups is 1. The number of nitrogens with one attached hydrogen (secondary N) is 1. The Morgan fingerprint density at radius 3 is 2.04 bits per heavy atom. The second-order valence-electron chi connectivity index (χ2n) is 4.86. The Labute approximate surface area is 164 Å². The molecule has 0 spiro atoms. The van der Waals surface area contributed by atoms with E-state index in [0.29, 0.717) is 5.82 Å². The first kappa shape index (κ1) is 21.1. The third kappa shape index (κ3) is 7.32. The maximum Gasteiger partial charge on any atom is 0.146 e. The Morgan fingerprint density at radius 1 is 0.923 bits per heavy atom. The fourth-order valence-corrected chi connectivity index (χ4v) is 1.91.